The zero-order valence-corrected chi connectivity index (χ0v) is 13.9. The van der Waals surface area contributed by atoms with E-state index in [1.54, 1.807) is 0 Å². The van der Waals surface area contributed by atoms with Crippen LogP contribution in [0.3, 0.4) is 0 Å². The van der Waals surface area contributed by atoms with E-state index in [9.17, 15) is 4.79 Å². The third kappa shape index (κ3) is 5.15. The number of rotatable bonds is 6. The summed E-state index contributed by atoms with van der Waals surface area (Å²) in [6.07, 6.45) is 6.41. The second-order valence-corrected chi connectivity index (χ2v) is 6.89. The average molecular weight is 296 g/mol. The summed E-state index contributed by atoms with van der Waals surface area (Å²) in [5.41, 5.74) is 0. The van der Waals surface area contributed by atoms with Gasteiger partial charge < -0.3 is 15.5 Å². The third-order valence-corrected chi connectivity index (χ3v) is 4.98. The fraction of sp³-hybridized carbons (Fsp3) is 0.938. The van der Waals surface area contributed by atoms with E-state index >= 15 is 0 Å². The number of likely N-dealkylation sites (tertiary alicyclic amines) is 1. The first-order valence-corrected chi connectivity index (χ1v) is 8.55. The molecule has 0 aromatic carbocycles. The van der Waals surface area contributed by atoms with Gasteiger partial charge in [-0.05, 0) is 40.2 Å². The molecule has 0 unspecified atom stereocenters. The Morgan fingerprint density at radius 1 is 1.29 bits per heavy atom. The second kappa shape index (κ2) is 7.99. The van der Waals surface area contributed by atoms with Crippen LogP contribution in [0.4, 0.5) is 4.79 Å². The van der Waals surface area contributed by atoms with Crippen molar-refractivity contribution in [3.8, 4) is 0 Å². The van der Waals surface area contributed by atoms with Crippen LogP contribution < -0.4 is 10.6 Å². The highest BCUT2D eigenvalue weighted by Gasteiger charge is 2.25. The highest BCUT2D eigenvalue weighted by atomic mass is 16.2. The van der Waals surface area contributed by atoms with Crippen molar-refractivity contribution in [2.24, 2.45) is 0 Å². The molecule has 5 nitrogen and oxygen atoms in total. The second-order valence-electron chi connectivity index (χ2n) is 6.89. The number of hydrogen-bond acceptors (Lipinski definition) is 3. The summed E-state index contributed by atoms with van der Waals surface area (Å²) in [7, 11) is 2.17. The van der Waals surface area contributed by atoms with E-state index in [1.807, 2.05) is 0 Å². The van der Waals surface area contributed by atoms with Crippen molar-refractivity contribution in [1.82, 2.24) is 20.4 Å². The number of carbonyl (C=O) groups is 1. The molecular formula is C16H32N4O. The van der Waals surface area contributed by atoms with Crippen molar-refractivity contribution in [2.45, 2.75) is 64.1 Å². The zero-order valence-electron chi connectivity index (χ0n) is 13.9. The van der Waals surface area contributed by atoms with Gasteiger partial charge in [0, 0.05) is 44.3 Å². The summed E-state index contributed by atoms with van der Waals surface area (Å²) >= 11 is 0. The standard InChI is InChI=1S/C16H32N4O/c1-13(2)20-10-8-14(12-20)18-16(21)17-9-11-19(3)15-6-4-5-7-15/h13-15H,4-12H2,1-3H3,(H2,17,18,21)/t14-/m1/s1. The number of urea groups is 1. The van der Waals surface area contributed by atoms with Crippen molar-refractivity contribution < 1.29 is 4.79 Å². The lowest BCUT2D eigenvalue weighted by Gasteiger charge is -2.24. The summed E-state index contributed by atoms with van der Waals surface area (Å²) in [4.78, 5) is 16.7. The minimum Gasteiger partial charge on any atom is -0.337 e. The van der Waals surface area contributed by atoms with Crippen molar-refractivity contribution >= 4 is 6.03 Å². The Labute approximate surface area is 129 Å². The van der Waals surface area contributed by atoms with Gasteiger partial charge in [-0.1, -0.05) is 12.8 Å². The van der Waals surface area contributed by atoms with Gasteiger partial charge in [-0.3, -0.25) is 4.90 Å². The lowest BCUT2D eigenvalue weighted by atomic mass is 10.2. The molecule has 2 amide bonds. The minimum absolute atomic E-state index is 0.00886. The zero-order chi connectivity index (χ0) is 15.2. The molecule has 0 bridgehead atoms. The molecule has 2 N–H and O–H groups in total. The summed E-state index contributed by atoms with van der Waals surface area (Å²) in [6.45, 7) is 8.17. The Balaban J connectivity index is 1.57. The molecular weight excluding hydrogens is 264 g/mol. The Morgan fingerprint density at radius 3 is 2.62 bits per heavy atom. The normalized spacial score (nSPS) is 24.1. The van der Waals surface area contributed by atoms with Crippen LogP contribution in [0, 0.1) is 0 Å². The summed E-state index contributed by atoms with van der Waals surface area (Å²) < 4.78 is 0. The molecule has 0 radical (unpaired) electrons. The maximum atomic E-state index is 11.9. The van der Waals surface area contributed by atoms with Crippen LogP contribution in [0.15, 0.2) is 0 Å². The van der Waals surface area contributed by atoms with Gasteiger partial charge in [0.1, 0.15) is 0 Å². The molecule has 21 heavy (non-hydrogen) atoms. The van der Waals surface area contributed by atoms with Gasteiger partial charge in [-0.2, -0.15) is 0 Å². The van der Waals surface area contributed by atoms with E-state index in [2.05, 4.69) is 41.3 Å². The molecule has 0 aromatic rings. The lowest BCUT2D eigenvalue weighted by Crippen LogP contribution is -2.46. The van der Waals surface area contributed by atoms with Crippen molar-refractivity contribution in [2.75, 3.05) is 33.2 Å². The summed E-state index contributed by atoms with van der Waals surface area (Å²) in [5.74, 6) is 0. The molecule has 0 aromatic heterocycles. The fourth-order valence-corrected chi connectivity index (χ4v) is 3.48. The SMILES string of the molecule is CC(C)N1CC[C@@H](NC(=O)NCCN(C)C2CCCC2)C1. The van der Waals surface area contributed by atoms with Crippen LogP contribution in [0.2, 0.25) is 0 Å². The highest BCUT2D eigenvalue weighted by Crippen LogP contribution is 2.21. The molecule has 1 saturated carbocycles. The Kier molecular flexibility index (Phi) is 6.30. The minimum atomic E-state index is -0.00886. The van der Waals surface area contributed by atoms with Crippen molar-refractivity contribution in [3.63, 3.8) is 0 Å². The van der Waals surface area contributed by atoms with Crippen LogP contribution in [-0.4, -0.2) is 67.2 Å². The first kappa shape index (κ1) is 16.6. The van der Waals surface area contributed by atoms with E-state index in [4.69, 9.17) is 0 Å². The number of likely N-dealkylation sites (N-methyl/N-ethyl adjacent to an activating group) is 1. The van der Waals surface area contributed by atoms with E-state index in [1.165, 1.54) is 25.7 Å². The number of nitrogens with zero attached hydrogens (tertiary/aromatic N) is 2. The predicted molar refractivity (Wildman–Crippen MR) is 86.5 cm³/mol. The monoisotopic (exact) mass is 296 g/mol. The van der Waals surface area contributed by atoms with Crippen LogP contribution >= 0.6 is 0 Å². The lowest BCUT2D eigenvalue weighted by molar-refractivity contribution is 0.224. The number of amides is 2. The van der Waals surface area contributed by atoms with Gasteiger partial charge in [-0.25, -0.2) is 4.79 Å². The summed E-state index contributed by atoms with van der Waals surface area (Å²) in [6, 6.07) is 1.59. The van der Waals surface area contributed by atoms with Gasteiger partial charge in [0.05, 0.1) is 0 Å². The van der Waals surface area contributed by atoms with Gasteiger partial charge in [0.25, 0.3) is 0 Å². The molecule has 1 aliphatic carbocycles. The Morgan fingerprint density at radius 2 is 2.00 bits per heavy atom. The molecule has 0 spiro atoms. The van der Waals surface area contributed by atoms with Crippen LogP contribution in [0.5, 0.6) is 0 Å². The fourth-order valence-electron chi connectivity index (χ4n) is 3.48. The number of nitrogens with one attached hydrogen (secondary N) is 2. The van der Waals surface area contributed by atoms with E-state index < -0.39 is 0 Å². The predicted octanol–water partition coefficient (Wildman–Crippen LogP) is 1.64. The highest BCUT2D eigenvalue weighted by molar-refractivity contribution is 5.74. The van der Waals surface area contributed by atoms with Crippen LogP contribution in [0.25, 0.3) is 0 Å². The largest absolute Gasteiger partial charge is 0.337 e. The average Bonchev–Trinajstić information content (AvgIpc) is 3.09. The smallest absolute Gasteiger partial charge is 0.315 e. The first-order chi connectivity index (χ1) is 10.1. The van der Waals surface area contributed by atoms with Gasteiger partial charge in [0.15, 0.2) is 0 Å². The Bertz CT molecular complexity index is 328. The van der Waals surface area contributed by atoms with E-state index in [-0.39, 0.29) is 6.03 Å². The van der Waals surface area contributed by atoms with Crippen molar-refractivity contribution in [1.29, 1.82) is 0 Å². The number of carbonyl (C=O) groups excluding carboxylic acids is 1. The molecule has 1 heterocycles. The van der Waals surface area contributed by atoms with E-state index in [0.29, 0.717) is 12.1 Å². The molecule has 2 aliphatic rings. The van der Waals surface area contributed by atoms with Crippen molar-refractivity contribution in [3.05, 3.63) is 0 Å². The Hall–Kier alpha value is -0.810. The first-order valence-electron chi connectivity index (χ1n) is 8.55. The molecule has 2 rings (SSSR count). The van der Waals surface area contributed by atoms with E-state index in [0.717, 1.165) is 38.6 Å². The van der Waals surface area contributed by atoms with Crippen LogP contribution in [0.1, 0.15) is 46.0 Å². The van der Waals surface area contributed by atoms with Gasteiger partial charge >= 0.3 is 6.03 Å². The molecule has 1 saturated heterocycles. The summed E-state index contributed by atoms with van der Waals surface area (Å²) in [5, 5.41) is 6.09. The maximum absolute atomic E-state index is 11.9. The maximum Gasteiger partial charge on any atom is 0.315 e. The molecule has 2 fully saturated rings. The van der Waals surface area contributed by atoms with Crippen LogP contribution in [-0.2, 0) is 0 Å². The topological polar surface area (TPSA) is 47.6 Å². The molecule has 1 atom stereocenters. The molecule has 5 heteroatoms. The molecule has 1 aliphatic heterocycles. The third-order valence-electron chi connectivity index (χ3n) is 4.98. The molecule has 122 valence electrons. The van der Waals surface area contributed by atoms with Gasteiger partial charge in [0.2, 0.25) is 0 Å². The quantitative estimate of drug-likeness (QED) is 0.783. The number of hydrogen-bond donors (Lipinski definition) is 2. The van der Waals surface area contributed by atoms with Gasteiger partial charge in [-0.15, -0.1) is 0 Å².